The molecule has 0 fully saturated rings. The Morgan fingerprint density at radius 1 is 1.00 bits per heavy atom. The number of rotatable bonds is 10. The van der Waals surface area contributed by atoms with Crippen molar-refractivity contribution in [2.45, 2.75) is 38.1 Å². The monoisotopic (exact) mass is 533 g/mol. The van der Waals surface area contributed by atoms with Crippen LogP contribution in [0.4, 0.5) is 0 Å². The molecule has 0 radical (unpaired) electrons. The van der Waals surface area contributed by atoms with Crippen molar-refractivity contribution in [2.24, 2.45) is 0 Å². The van der Waals surface area contributed by atoms with Crippen molar-refractivity contribution in [3.8, 4) is 34.1 Å². The van der Waals surface area contributed by atoms with Gasteiger partial charge in [0, 0.05) is 24.8 Å². The standard InChI is InChI=1S/C27H32ClNO8/c1-16(30)29-27(15-37-23(32)7-6-12-28)11-10-17-13-22(34-3)25(35-4)26(36-5)24(17)18-8-9-21(33-2)20(31)14-19(18)27/h8-9,13-14H,6-7,10-12,15H2,1-5H3,(H,29,30). The van der Waals surface area contributed by atoms with Crippen molar-refractivity contribution < 1.29 is 33.3 Å². The first-order valence-electron chi connectivity index (χ1n) is 11.8. The van der Waals surface area contributed by atoms with E-state index in [0.29, 0.717) is 59.1 Å². The quantitative estimate of drug-likeness (QED) is 0.364. The van der Waals surface area contributed by atoms with Gasteiger partial charge in [0.05, 0.1) is 28.4 Å². The van der Waals surface area contributed by atoms with Crippen LogP contribution in [0.15, 0.2) is 29.1 Å². The Balaban J connectivity index is 2.37. The molecule has 1 aliphatic rings. The summed E-state index contributed by atoms with van der Waals surface area (Å²) in [7, 11) is 5.97. The van der Waals surface area contributed by atoms with E-state index >= 15 is 0 Å². The van der Waals surface area contributed by atoms with Crippen molar-refractivity contribution in [1.82, 2.24) is 5.32 Å². The molecule has 0 spiro atoms. The molecule has 1 atom stereocenters. The molecule has 0 aliphatic heterocycles. The summed E-state index contributed by atoms with van der Waals surface area (Å²) in [5.41, 5.74) is 0.963. The van der Waals surface area contributed by atoms with Crippen LogP contribution in [-0.4, -0.2) is 52.8 Å². The van der Waals surface area contributed by atoms with E-state index in [0.717, 1.165) is 5.56 Å². The highest BCUT2D eigenvalue weighted by molar-refractivity contribution is 6.17. The first kappa shape index (κ1) is 28.1. The van der Waals surface area contributed by atoms with E-state index in [1.54, 1.807) is 12.1 Å². The molecule has 0 aromatic heterocycles. The number of nitrogens with one attached hydrogen (secondary N) is 1. The zero-order valence-electron chi connectivity index (χ0n) is 21.7. The number of esters is 1. The van der Waals surface area contributed by atoms with Gasteiger partial charge in [-0.15, -0.1) is 11.6 Å². The Kier molecular flexibility index (Phi) is 9.26. The van der Waals surface area contributed by atoms with E-state index in [1.165, 1.54) is 41.4 Å². The summed E-state index contributed by atoms with van der Waals surface area (Å²) >= 11 is 5.73. The second-order valence-corrected chi connectivity index (χ2v) is 9.01. The summed E-state index contributed by atoms with van der Waals surface area (Å²) in [6.07, 6.45) is 1.36. The minimum absolute atomic E-state index is 0.116. The average Bonchev–Trinajstić information content (AvgIpc) is 3.12. The summed E-state index contributed by atoms with van der Waals surface area (Å²) < 4.78 is 27.9. The van der Waals surface area contributed by atoms with Gasteiger partial charge in [-0.3, -0.25) is 14.4 Å². The van der Waals surface area contributed by atoms with Crippen LogP contribution in [0.2, 0.25) is 0 Å². The number of alkyl halides is 1. The maximum absolute atomic E-state index is 13.1. The summed E-state index contributed by atoms with van der Waals surface area (Å²) in [6.45, 7) is 1.19. The normalized spacial score (nSPS) is 15.9. The third kappa shape index (κ3) is 5.77. The van der Waals surface area contributed by atoms with Gasteiger partial charge in [-0.05, 0) is 54.2 Å². The Hall–Kier alpha value is -3.46. The van der Waals surface area contributed by atoms with Crippen LogP contribution in [0.1, 0.15) is 37.3 Å². The molecule has 1 amide bonds. The largest absolute Gasteiger partial charge is 0.493 e. The van der Waals surface area contributed by atoms with E-state index in [9.17, 15) is 14.4 Å². The molecule has 0 bridgehead atoms. The summed E-state index contributed by atoms with van der Waals surface area (Å²) in [6, 6.07) is 6.57. The predicted molar refractivity (Wildman–Crippen MR) is 139 cm³/mol. The van der Waals surface area contributed by atoms with Crippen LogP contribution in [0.25, 0.3) is 11.1 Å². The van der Waals surface area contributed by atoms with Crippen LogP contribution in [-0.2, 0) is 26.3 Å². The zero-order valence-corrected chi connectivity index (χ0v) is 22.5. The maximum Gasteiger partial charge on any atom is 0.305 e. The fourth-order valence-electron chi connectivity index (χ4n) is 4.72. The minimum Gasteiger partial charge on any atom is -0.493 e. The highest BCUT2D eigenvalue weighted by atomic mass is 35.5. The van der Waals surface area contributed by atoms with Crippen LogP contribution in [0.5, 0.6) is 23.0 Å². The molecule has 9 nitrogen and oxygen atoms in total. The number of benzene rings is 1. The third-order valence-electron chi connectivity index (χ3n) is 6.36. The number of hydrogen-bond acceptors (Lipinski definition) is 8. The Morgan fingerprint density at radius 3 is 2.30 bits per heavy atom. The number of aryl methyl sites for hydroxylation is 1. The average molecular weight is 534 g/mol. The molecule has 3 rings (SSSR count). The first-order valence-corrected chi connectivity index (χ1v) is 12.3. The fourth-order valence-corrected chi connectivity index (χ4v) is 4.85. The molecule has 37 heavy (non-hydrogen) atoms. The molecule has 1 aliphatic carbocycles. The number of carbonyl (C=O) groups is 2. The third-order valence-corrected chi connectivity index (χ3v) is 6.62. The SMILES string of the molecule is COc1cc2c(c(OC)c1OC)-c1ccc(OC)c(=O)cc1C(COC(=O)CCCCl)(NC(C)=O)CC2. The zero-order chi connectivity index (χ0) is 27.2. The van der Waals surface area contributed by atoms with Gasteiger partial charge in [0.2, 0.25) is 17.1 Å². The van der Waals surface area contributed by atoms with Gasteiger partial charge < -0.3 is 29.0 Å². The van der Waals surface area contributed by atoms with Gasteiger partial charge >= 0.3 is 5.97 Å². The molecule has 0 heterocycles. The molecule has 1 N–H and O–H groups in total. The first-order chi connectivity index (χ1) is 17.7. The number of hydrogen-bond donors (Lipinski definition) is 1. The molecule has 200 valence electrons. The van der Waals surface area contributed by atoms with Gasteiger partial charge in [-0.25, -0.2) is 0 Å². The topological polar surface area (TPSA) is 109 Å². The Morgan fingerprint density at radius 2 is 1.70 bits per heavy atom. The second kappa shape index (κ2) is 12.2. The molecular weight excluding hydrogens is 502 g/mol. The van der Waals surface area contributed by atoms with Crippen molar-refractivity contribution in [3.05, 3.63) is 45.6 Å². The van der Waals surface area contributed by atoms with Gasteiger partial charge in [-0.1, -0.05) is 6.07 Å². The van der Waals surface area contributed by atoms with Gasteiger partial charge in [0.25, 0.3) is 0 Å². The van der Waals surface area contributed by atoms with Crippen molar-refractivity contribution >= 4 is 23.5 Å². The van der Waals surface area contributed by atoms with Crippen LogP contribution in [0.3, 0.4) is 0 Å². The number of fused-ring (bicyclic) bond motifs is 3. The fraction of sp³-hybridized carbons (Fsp3) is 0.444. The lowest BCUT2D eigenvalue weighted by molar-refractivity contribution is -0.147. The lowest BCUT2D eigenvalue weighted by atomic mass is 9.85. The molecule has 2 aromatic carbocycles. The van der Waals surface area contributed by atoms with Gasteiger partial charge in [0.15, 0.2) is 17.2 Å². The van der Waals surface area contributed by atoms with E-state index < -0.39 is 16.9 Å². The lowest BCUT2D eigenvalue weighted by Gasteiger charge is -2.34. The second-order valence-electron chi connectivity index (χ2n) is 8.63. The van der Waals surface area contributed by atoms with Crippen molar-refractivity contribution in [1.29, 1.82) is 0 Å². The van der Waals surface area contributed by atoms with E-state index in [-0.39, 0.29) is 24.7 Å². The number of carbonyl (C=O) groups excluding carboxylic acids is 2. The minimum atomic E-state index is -1.22. The highest BCUT2D eigenvalue weighted by Crippen LogP contribution is 2.51. The van der Waals surface area contributed by atoms with Crippen molar-refractivity contribution in [2.75, 3.05) is 40.9 Å². The smallest absolute Gasteiger partial charge is 0.305 e. The van der Waals surface area contributed by atoms with Crippen LogP contribution in [0, 0.1) is 0 Å². The summed E-state index contributed by atoms with van der Waals surface area (Å²) in [5, 5.41) is 2.99. The Labute approximate surface area is 221 Å². The molecule has 0 saturated carbocycles. The highest BCUT2D eigenvalue weighted by Gasteiger charge is 2.41. The molecule has 0 saturated heterocycles. The predicted octanol–water partition coefficient (Wildman–Crippen LogP) is 3.59. The number of halogens is 1. The van der Waals surface area contributed by atoms with E-state index in [4.69, 9.17) is 35.3 Å². The molecular formula is C27H32ClNO8. The summed E-state index contributed by atoms with van der Waals surface area (Å²) in [4.78, 5) is 38.1. The number of ether oxygens (including phenoxy) is 5. The Bertz CT molecular complexity index is 1230. The van der Waals surface area contributed by atoms with E-state index in [1.807, 2.05) is 6.07 Å². The summed E-state index contributed by atoms with van der Waals surface area (Å²) in [5.74, 6) is 0.912. The molecule has 1 unspecified atom stereocenters. The van der Waals surface area contributed by atoms with E-state index in [2.05, 4.69) is 5.32 Å². The van der Waals surface area contributed by atoms with Crippen LogP contribution >= 0.6 is 11.6 Å². The number of methoxy groups -OCH3 is 4. The number of amides is 1. The lowest BCUT2D eigenvalue weighted by Crippen LogP contribution is -2.49. The van der Waals surface area contributed by atoms with Gasteiger partial charge in [0.1, 0.15) is 12.1 Å². The van der Waals surface area contributed by atoms with Crippen LogP contribution < -0.4 is 29.7 Å². The van der Waals surface area contributed by atoms with Gasteiger partial charge in [-0.2, -0.15) is 0 Å². The molecule has 10 heteroatoms. The maximum atomic E-state index is 13.1. The van der Waals surface area contributed by atoms with Crippen molar-refractivity contribution in [3.63, 3.8) is 0 Å². The molecule has 2 aromatic rings.